The Morgan fingerprint density at radius 2 is 1.67 bits per heavy atom. The molecule has 14 heteroatoms. The predicted octanol–water partition coefficient (Wildman–Crippen LogP) is -1.74. The monoisotopic (exact) mass is 504 g/mol. The number of carboxylic acids is 2. The van der Waals surface area contributed by atoms with Crippen molar-refractivity contribution in [1.29, 1.82) is 0 Å². The summed E-state index contributed by atoms with van der Waals surface area (Å²) in [5, 5.41) is 34.5. The molecule has 0 bridgehead atoms. The van der Waals surface area contributed by atoms with Crippen molar-refractivity contribution in [2.75, 3.05) is 6.54 Å². The van der Waals surface area contributed by atoms with Crippen LogP contribution < -0.4 is 21.7 Å². The SMILES string of the molecule is NC(Cc1ccc(O)cc1)C(=O)NC(CCC(=O)O)C(=O)NCC(=O)NC(Cc1cnc[nH]1)C(=O)O. The molecular weight excluding hydrogens is 476 g/mol. The summed E-state index contributed by atoms with van der Waals surface area (Å²) in [6.45, 7) is -0.607. The molecule has 14 nitrogen and oxygen atoms in total. The van der Waals surface area contributed by atoms with Crippen LogP contribution in [0.4, 0.5) is 0 Å². The maximum Gasteiger partial charge on any atom is 0.326 e. The van der Waals surface area contributed by atoms with Crippen LogP contribution >= 0.6 is 0 Å². The van der Waals surface area contributed by atoms with Crippen LogP contribution in [0.2, 0.25) is 0 Å². The van der Waals surface area contributed by atoms with Gasteiger partial charge in [0.15, 0.2) is 0 Å². The van der Waals surface area contributed by atoms with Gasteiger partial charge in [0.1, 0.15) is 17.8 Å². The molecule has 0 aliphatic carbocycles. The molecule has 1 aromatic heterocycles. The van der Waals surface area contributed by atoms with E-state index < -0.39 is 60.8 Å². The third-order valence-electron chi connectivity index (χ3n) is 5.04. The lowest BCUT2D eigenvalue weighted by Gasteiger charge is -2.20. The van der Waals surface area contributed by atoms with E-state index in [9.17, 15) is 34.2 Å². The predicted molar refractivity (Wildman–Crippen MR) is 123 cm³/mol. The molecule has 194 valence electrons. The molecule has 3 unspecified atom stereocenters. The number of phenols is 1. The molecule has 0 saturated heterocycles. The number of nitrogens with two attached hydrogens (primary N) is 1. The Morgan fingerprint density at radius 3 is 2.25 bits per heavy atom. The number of hydrogen-bond acceptors (Lipinski definition) is 8. The van der Waals surface area contributed by atoms with Gasteiger partial charge in [-0.05, 0) is 30.5 Å². The number of hydrogen-bond donors (Lipinski definition) is 8. The largest absolute Gasteiger partial charge is 0.508 e. The van der Waals surface area contributed by atoms with Crippen LogP contribution in [-0.4, -0.2) is 79.6 Å². The van der Waals surface area contributed by atoms with E-state index in [0.717, 1.165) is 0 Å². The van der Waals surface area contributed by atoms with Gasteiger partial charge in [-0.25, -0.2) is 9.78 Å². The summed E-state index contributed by atoms with van der Waals surface area (Å²) in [5.41, 5.74) is 7.04. The van der Waals surface area contributed by atoms with E-state index in [1.807, 2.05) is 0 Å². The van der Waals surface area contributed by atoms with Crippen molar-refractivity contribution < 1.29 is 39.3 Å². The highest BCUT2D eigenvalue weighted by molar-refractivity contribution is 5.93. The summed E-state index contributed by atoms with van der Waals surface area (Å²) >= 11 is 0. The smallest absolute Gasteiger partial charge is 0.326 e. The fraction of sp³-hybridized carbons (Fsp3) is 0.364. The molecule has 1 aromatic carbocycles. The van der Waals surface area contributed by atoms with Gasteiger partial charge in [-0.2, -0.15) is 0 Å². The number of H-pyrrole nitrogens is 1. The number of benzene rings is 1. The molecule has 0 saturated carbocycles. The molecule has 0 aliphatic heterocycles. The number of aliphatic carboxylic acids is 2. The lowest BCUT2D eigenvalue weighted by Crippen LogP contribution is -2.54. The quantitative estimate of drug-likeness (QED) is 0.144. The molecule has 2 aromatic rings. The number of aromatic amines is 1. The van der Waals surface area contributed by atoms with E-state index in [1.54, 1.807) is 12.1 Å². The normalized spacial score (nSPS) is 13.1. The maximum atomic E-state index is 12.6. The molecule has 0 fully saturated rings. The van der Waals surface area contributed by atoms with Crippen molar-refractivity contribution in [2.24, 2.45) is 5.73 Å². The molecule has 1 heterocycles. The van der Waals surface area contributed by atoms with E-state index in [4.69, 9.17) is 10.8 Å². The number of aromatic nitrogens is 2. The minimum Gasteiger partial charge on any atom is -0.508 e. The van der Waals surface area contributed by atoms with Crippen molar-refractivity contribution in [3.8, 4) is 5.75 Å². The summed E-state index contributed by atoms with van der Waals surface area (Å²) in [7, 11) is 0. The molecule has 3 atom stereocenters. The van der Waals surface area contributed by atoms with Crippen molar-refractivity contribution in [3.05, 3.63) is 48.0 Å². The van der Waals surface area contributed by atoms with Crippen LogP contribution in [0.25, 0.3) is 0 Å². The Morgan fingerprint density at radius 1 is 0.972 bits per heavy atom. The number of carboxylic acid groups (broad SMARTS) is 2. The third-order valence-corrected chi connectivity index (χ3v) is 5.04. The second-order valence-electron chi connectivity index (χ2n) is 7.93. The van der Waals surface area contributed by atoms with Gasteiger partial charge < -0.3 is 42.0 Å². The van der Waals surface area contributed by atoms with Crippen LogP contribution in [0.15, 0.2) is 36.8 Å². The highest BCUT2D eigenvalue weighted by Crippen LogP contribution is 2.11. The Balaban J connectivity index is 1.93. The molecular formula is C22H28N6O8. The third kappa shape index (κ3) is 9.42. The number of phenolic OH excluding ortho intramolecular Hbond substituents is 1. The number of imidazole rings is 1. The number of rotatable bonds is 14. The van der Waals surface area contributed by atoms with Gasteiger partial charge >= 0.3 is 11.9 Å². The zero-order valence-corrected chi connectivity index (χ0v) is 19.1. The highest BCUT2D eigenvalue weighted by Gasteiger charge is 2.26. The Labute approximate surface area is 205 Å². The van der Waals surface area contributed by atoms with Gasteiger partial charge in [-0.15, -0.1) is 0 Å². The number of aromatic hydroxyl groups is 1. The molecule has 3 amide bonds. The van der Waals surface area contributed by atoms with E-state index >= 15 is 0 Å². The Hall–Kier alpha value is -4.46. The van der Waals surface area contributed by atoms with Crippen LogP contribution in [-0.2, 0) is 36.8 Å². The number of amides is 3. The molecule has 2 rings (SSSR count). The fourth-order valence-electron chi connectivity index (χ4n) is 3.15. The van der Waals surface area contributed by atoms with E-state index in [2.05, 4.69) is 25.9 Å². The van der Waals surface area contributed by atoms with Crippen LogP contribution in [0.5, 0.6) is 5.75 Å². The van der Waals surface area contributed by atoms with Crippen LogP contribution in [0.3, 0.4) is 0 Å². The van der Waals surface area contributed by atoms with E-state index in [-0.39, 0.29) is 25.0 Å². The summed E-state index contributed by atoms with van der Waals surface area (Å²) in [6, 6.07) is 2.36. The second kappa shape index (κ2) is 13.4. The first kappa shape index (κ1) is 27.8. The topological polar surface area (TPSA) is 237 Å². The molecule has 9 N–H and O–H groups in total. The summed E-state index contributed by atoms with van der Waals surface area (Å²) in [6.07, 6.45) is 2.09. The minimum absolute atomic E-state index is 0.0437. The zero-order valence-electron chi connectivity index (χ0n) is 19.1. The van der Waals surface area contributed by atoms with Gasteiger partial charge in [0.2, 0.25) is 17.7 Å². The summed E-state index contributed by atoms with van der Waals surface area (Å²) < 4.78 is 0. The van der Waals surface area contributed by atoms with Gasteiger partial charge in [0.05, 0.1) is 18.9 Å². The van der Waals surface area contributed by atoms with Gasteiger partial charge in [0.25, 0.3) is 0 Å². The summed E-state index contributed by atoms with van der Waals surface area (Å²) in [5.74, 6) is -4.81. The first-order valence-electron chi connectivity index (χ1n) is 10.9. The maximum absolute atomic E-state index is 12.6. The number of nitrogens with one attached hydrogen (secondary N) is 4. The van der Waals surface area contributed by atoms with Gasteiger partial charge in [-0.1, -0.05) is 12.1 Å². The van der Waals surface area contributed by atoms with Gasteiger partial charge in [0, 0.05) is 24.7 Å². The molecule has 0 aliphatic rings. The molecule has 0 spiro atoms. The zero-order chi connectivity index (χ0) is 26.7. The number of carbonyl (C=O) groups excluding carboxylic acids is 3. The number of carbonyl (C=O) groups is 5. The Bertz CT molecular complexity index is 1060. The Kier molecular flexibility index (Phi) is 10.4. The first-order valence-corrected chi connectivity index (χ1v) is 10.9. The van der Waals surface area contributed by atoms with Crippen molar-refractivity contribution in [3.63, 3.8) is 0 Å². The first-order chi connectivity index (χ1) is 17.0. The van der Waals surface area contributed by atoms with Crippen LogP contribution in [0.1, 0.15) is 24.1 Å². The molecule has 36 heavy (non-hydrogen) atoms. The standard InChI is InChI=1S/C22H28N6O8/c23-15(7-12-1-3-14(29)4-2-12)20(33)28-16(5-6-19(31)32)21(34)25-10-18(30)27-17(22(35)36)8-13-9-24-11-26-13/h1-4,9,11,15-17,29H,5-8,10,23H2,(H,24,26)(H,25,34)(H,27,30)(H,28,33)(H,31,32)(H,35,36). The van der Waals surface area contributed by atoms with Crippen molar-refractivity contribution >= 4 is 29.7 Å². The van der Waals surface area contributed by atoms with Gasteiger partial charge in [-0.3, -0.25) is 19.2 Å². The van der Waals surface area contributed by atoms with E-state index in [1.165, 1.54) is 24.7 Å². The van der Waals surface area contributed by atoms with Crippen LogP contribution in [0, 0.1) is 0 Å². The van der Waals surface area contributed by atoms with E-state index in [0.29, 0.717) is 11.3 Å². The lowest BCUT2D eigenvalue weighted by atomic mass is 10.0. The fourth-order valence-corrected chi connectivity index (χ4v) is 3.15. The number of nitrogens with zero attached hydrogens (tertiary/aromatic N) is 1. The average molecular weight is 505 g/mol. The average Bonchev–Trinajstić information content (AvgIpc) is 3.34. The minimum atomic E-state index is -1.30. The molecule has 0 radical (unpaired) electrons. The second-order valence-corrected chi connectivity index (χ2v) is 7.93. The lowest BCUT2D eigenvalue weighted by molar-refractivity contribution is -0.141. The van der Waals surface area contributed by atoms with Crippen molar-refractivity contribution in [2.45, 2.75) is 43.8 Å². The van der Waals surface area contributed by atoms with Crippen molar-refractivity contribution in [1.82, 2.24) is 25.9 Å². The summed E-state index contributed by atoms with van der Waals surface area (Å²) in [4.78, 5) is 66.2. The highest BCUT2D eigenvalue weighted by atomic mass is 16.4.